The van der Waals surface area contributed by atoms with Crippen LogP contribution >= 0.6 is 37.2 Å². The van der Waals surface area contributed by atoms with Gasteiger partial charge in [-0.1, -0.05) is 6.07 Å². The highest BCUT2D eigenvalue weighted by molar-refractivity contribution is 15.0. The summed E-state index contributed by atoms with van der Waals surface area (Å²) < 4.78 is 0.833. The third kappa shape index (κ3) is 3.55. The van der Waals surface area contributed by atoms with Crippen molar-refractivity contribution in [2.24, 2.45) is 0 Å². The number of rotatable bonds is 0. The maximum Gasteiger partial charge on any atom is 0.189 e. The van der Waals surface area contributed by atoms with Crippen LogP contribution in [0.15, 0.2) is 24.4 Å². The van der Waals surface area contributed by atoms with Gasteiger partial charge in [-0.15, -0.1) is 0 Å². The zero-order chi connectivity index (χ0) is 7.98. The molecule has 4 heteroatoms. The van der Waals surface area contributed by atoms with Crippen LogP contribution in [0.25, 0.3) is 0 Å². The Hall–Kier alpha value is 0.410. The fourth-order valence-electron chi connectivity index (χ4n) is 0.514. The van der Waals surface area contributed by atoms with Gasteiger partial charge in [0.25, 0.3) is 0 Å². The minimum Gasteiger partial charge on any atom is -0.619 e. The summed E-state index contributed by atoms with van der Waals surface area (Å²) in [5.41, 5.74) is 0.729. The maximum atomic E-state index is 10.5. The summed E-state index contributed by atoms with van der Waals surface area (Å²) in [6.07, 6.45) is 1.48. The Morgan fingerprint density at radius 3 is 2.30 bits per heavy atom. The van der Waals surface area contributed by atoms with Crippen LogP contribution < -0.4 is 4.73 Å². The number of hydrogen-bond acceptors (Lipinski definition) is 1. The second kappa shape index (κ2) is 6.14. The molecule has 1 heterocycles. The number of pyridine rings is 1. The maximum absolute atomic E-state index is 10.5. The van der Waals surface area contributed by atoms with Crippen molar-refractivity contribution in [3.05, 3.63) is 35.3 Å². The highest BCUT2D eigenvalue weighted by Crippen LogP contribution is 1.89. The van der Waals surface area contributed by atoms with Crippen LogP contribution in [0.3, 0.4) is 0 Å². The summed E-state index contributed by atoms with van der Waals surface area (Å²) >= 11 is 4.24. The van der Waals surface area contributed by atoms with Gasteiger partial charge in [-0.2, -0.15) is 4.73 Å². The van der Waals surface area contributed by atoms with E-state index < -0.39 is 0 Å². The molecule has 1 rings (SSSR count). The summed E-state index contributed by atoms with van der Waals surface area (Å²) in [4.78, 5) is 0. The molecule has 0 aromatic carbocycles. The van der Waals surface area contributed by atoms with Gasteiger partial charge in [-0.3, -0.25) is 0 Å². The molecular weight excluding hydrogens is 356 g/mol. The minimum atomic E-state index is 0.729. The third-order valence-electron chi connectivity index (χ3n) is 1.02. The lowest BCUT2D eigenvalue weighted by Crippen LogP contribution is -2.28. The Bertz CT molecular complexity index is 172. The lowest BCUT2D eigenvalue weighted by molar-refractivity contribution is -0.612. The molecule has 0 spiro atoms. The molecular formula is C6H7I2NO. The van der Waals surface area contributed by atoms with Gasteiger partial charge in [0.05, 0.1) is 0 Å². The van der Waals surface area contributed by atoms with E-state index in [0.717, 1.165) is 10.4 Å². The Morgan fingerprint density at radius 2 is 2.00 bits per heavy atom. The first kappa shape index (κ1) is 10.4. The lowest BCUT2D eigenvalue weighted by atomic mass is 10.4. The van der Waals surface area contributed by atoms with E-state index >= 15 is 0 Å². The SMILES string of the molecule is Cc1cccc[n+]1[O-].II. The number of halogens is 2. The minimum absolute atomic E-state index is 0.729. The Kier molecular flexibility index (Phi) is 6.39. The fraction of sp³-hybridized carbons (Fsp3) is 0.167. The van der Waals surface area contributed by atoms with Gasteiger partial charge in [-0.25, -0.2) is 0 Å². The Labute approximate surface area is 83.5 Å². The zero-order valence-corrected chi connectivity index (χ0v) is 9.74. The van der Waals surface area contributed by atoms with E-state index in [9.17, 15) is 5.21 Å². The fourth-order valence-corrected chi connectivity index (χ4v) is 0.514. The van der Waals surface area contributed by atoms with Gasteiger partial charge in [0, 0.05) is 56.3 Å². The first-order chi connectivity index (χ1) is 4.80. The van der Waals surface area contributed by atoms with Gasteiger partial charge < -0.3 is 5.21 Å². The highest BCUT2D eigenvalue weighted by Gasteiger charge is 1.89. The molecule has 0 saturated carbocycles. The van der Waals surface area contributed by atoms with E-state index in [0.29, 0.717) is 0 Å². The summed E-state index contributed by atoms with van der Waals surface area (Å²) in [7, 11) is 0. The smallest absolute Gasteiger partial charge is 0.189 e. The summed E-state index contributed by atoms with van der Waals surface area (Å²) in [5, 5.41) is 10.5. The van der Waals surface area contributed by atoms with E-state index in [4.69, 9.17) is 0 Å². The quantitative estimate of drug-likeness (QED) is 0.395. The molecule has 0 atom stereocenters. The second-order valence-electron chi connectivity index (χ2n) is 1.67. The predicted octanol–water partition coefficient (Wildman–Crippen LogP) is 2.40. The molecule has 1 aromatic rings. The van der Waals surface area contributed by atoms with Crippen LogP contribution in [0.2, 0.25) is 0 Å². The summed E-state index contributed by atoms with van der Waals surface area (Å²) in [6.45, 7) is 1.77. The van der Waals surface area contributed by atoms with Gasteiger partial charge >= 0.3 is 0 Å². The molecule has 0 aliphatic heterocycles. The average molecular weight is 363 g/mol. The first-order valence-electron chi connectivity index (χ1n) is 2.60. The molecule has 0 unspecified atom stereocenters. The van der Waals surface area contributed by atoms with Gasteiger partial charge in [0.1, 0.15) is 0 Å². The van der Waals surface area contributed by atoms with Crippen LogP contribution in [0.1, 0.15) is 5.69 Å². The second-order valence-corrected chi connectivity index (χ2v) is 1.67. The highest BCUT2D eigenvalue weighted by atomic mass is 128. The number of hydrogen-bond donors (Lipinski definition) is 0. The van der Waals surface area contributed by atoms with Crippen molar-refractivity contribution in [2.45, 2.75) is 6.92 Å². The van der Waals surface area contributed by atoms with Crippen molar-refractivity contribution in [3.63, 3.8) is 0 Å². The molecule has 1 aromatic heterocycles. The molecule has 0 amide bonds. The van der Waals surface area contributed by atoms with E-state index in [1.807, 2.05) is 6.07 Å². The Balaban J connectivity index is 0.000000371. The van der Waals surface area contributed by atoms with E-state index in [2.05, 4.69) is 37.2 Å². The van der Waals surface area contributed by atoms with E-state index in [1.165, 1.54) is 6.20 Å². The van der Waals surface area contributed by atoms with Crippen LogP contribution in [-0.2, 0) is 0 Å². The van der Waals surface area contributed by atoms with Crippen molar-refractivity contribution in [1.82, 2.24) is 0 Å². The normalized spacial score (nSPS) is 7.90. The number of aromatic nitrogens is 1. The van der Waals surface area contributed by atoms with Crippen LogP contribution in [0, 0.1) is 12.1 Å². The predicted molar refractivity (Wildman–Crippen MR) is 58.2 cm³/mol. The summed E-state index contributed by atoms with van der Waals surface area (Å²) in [6, 6.07) is 5.32. The third-order valence-corrected chi connectivity index (χ3v) is 1.02. The van der Waals surface area contributed by atoms with Crippen LogP contribution in [0.4, 0.5) is 0 Å². The first-order valence-corrected chi connectivity index (χ1v) is 8.88. The summed E-state index contributed by atoms with van der Waals surface area (Å²) in [5.74, 6) is 0. The molecule has 56 valence electrons. The standard InChI is InChI=1S/C6H7NO.I2/c1-6-4-2-3-5-7(6)8;1-2/h2-5H,1H3;. The lowest BCUT2D eigenvalue weighted by Gasteiger charge is -1.95. The van der Waals surface area contributed by atoms with Crippen molar-refractivity contribution in [3.8, 4) is 0 Å². The molecule has 2 nitrogen and oxygen atoms in total. The van der Waals surface area contributed by atoms with Crippen molar-refractivity contribution in [1.29, 1.82) is 0 Å². The molecule has 0 aliphatic carbocycles. The number of aryl methyl sites for hydroxylation is 1. The van der Waals surface area contributed by atoms with Gasteiger partial charge in [-0.05, 0) is 0 Å². The monoisotopic (exact) mass is 363 g/mol. The zero-order valence-electron chi connectivity index (χ0n) is 5.42. The van der Waals surface area contributed by atoms with E-state index in [1.54, 1.807) is 19.1 Å². The van der Waals surface area contributed by atoms with Crippen LogP contribution in [-0.4, -0.2) is 0 Å². The molecule has 0 saturated heterocycles. The Morgan fingerprint density at radius 1 is 1.40 bits per heavy atom. The van der Waals surface area contributed by atoms with Crippen LogP contribution in [0.5, 0.6) is 0 Å². The molecule has 0 aliphatic rings. The molecule has 0 bridgehead atoms. The van der Waals surface area contributed by atoms with E-state index in [-0.39, 0.29) is 0 Å². The molecule has 10 heavy (non-hydrogen) atoms. The van der Waals surface area contributed by atoms with Crippen molar-refractivity contribution in [2.75, 3.05) is 0 Å². The molecule has 0 fully saturated rings. The van der Waals surface area contributed by atoms with Gasteiger partial charge in [0.2, 0.25) is 0 Å². The molecule has 0 N–H and O–H groups in total. The average Bonchev–Trinajstić information content (AvgIpc) is 2.00. The van der Waals surface area contributed by atoms with Crippen molar-refractivity contribution >= 4 is 37.2 Å². The van der Waals surface area contributed by atoms with Crippen molar-refractivity contribution < 1.29 is 4.73 Å². The largest absolute Gasteiger partial charge is 0.619 e. The number of nitrogens with zero attached hydrogens (tertiary/aromatic N) is 1. The topological polar surface area (TPSA) is 26.9 Å². The van der Waals surface area contributed by atoms with Gasteiger partial charge in [0.15, 0.2) is 11.9 Å². The molecule has 0 radical (unpaired) electrons.